The molecular formula is C63H108N12O13. The van der Waals surface area contributed by atoms with Crippen molar-refractivity contribution < 1.29 is 63.0 Å². The highest BCUT2D eigenvalue weighted by molar-refractivity contribution is 5.99. The lowest BCUT2D eigenvalue weighted by molar-refractivity contribution is -0.137. The van der Waals surface area contributed by atoms with Crippen molar-refractivity contribution in [3.05, 3.63) is 35.9 Å². The molecule has 1 aromatic carbocycles. The van der Waals surface area contributed by atoms with E-state index in [0.29, 0.717) is 18.4 Å². The summed E-state index contributed by atoms with van der Waals surface area (Å²) in [4.78, 5) is 156. The van der Waals surface area contributed by atoms with Crippen LogP contribution in [-0.4, -0.2) is 162 Å². The summed E-state index contributed by atoms with van der Waals surface area (Å²) in [6.07, 6.45) is 4.57. The van der Waals surface area contributed by atoms with Gasteiger partial charge in [0.05, 0.1) is 36.3 Å². The number of hydrogen-bond donors (Lipinski definition) is 14. The number of ketones is 4. The third-order valence-electron chi connectivity index (χ3n) is 16.2. The Hall–Kier alpha value is -6.09. The third-order valence-corrected chi connectivity index (χ3v) is 16.2. The SMILES string of the molecule is CCCCCCCC[C@@H]1CC(=O)[C@@H](Cc2ccccc2)NC(=O)[C@H](CCN)CC(=O)[C@@H](CC(=O)[C@H](CCN)NC(=O)[C@@H](CC(=O)[C@H](CCN)NC(=O)CCCCCCC)C(C)O)CCNC(=O)[C@H](C(C)O)NC(=O)[C@H](CCN)NC(=O)[C@H](CCN)NC1=O. The number of Topliss-reactive ketones (excluding diaryl/α,β-unsaturated/α-hetero) is 4. The highest BCUT2D eigenvalue weighted by Gasteiger charge is 2.38. The molecule has 88 heavy (non-hydrogen) atoms. The molecule has 2 rings (SSSR count). The number of nitrogens with two attached hydrogens (primary N) is 5. The summed E-state index contributed by atoms with van der Waals surface area (Å²) in [6.45, 7) is 5.98. The fourth-order valence-corrected chi connectivity index (χ4v) is 10.8. The second-order valence-electron chi connectivity index (χ2n) is 23.6. The summed E-state index contributed by atoms with van der Waals surface area (Å²) < 4.78 is 0. The molecule has 1 fully saturated rings. The molecule has 19 N–H and O–H groups in total. The minimum absolute atomic E-state index is 0.00440. The molecule has 498 valence electrons. The summed E-state index contributed by atoms with van der Waals surface area (Å²) in [5, 5.41) is 40.4. The lowest BCUT2D eigenvalue weighted by Gasteiger charge is -2.27. The maximum atomic E-state index is 14.8. The largest absolute Gasteiger partial charge is 0.393 e. The first-order valence-electron chi connectivity index (χ1n) is 32.2. The van der Waals surface area contributed by atoms with E-state index in [2.05, 4.69) is 51.1 Å². The molecule has 2 unspecified atom stereocenters. The Labute approximate surface area is 520 Å². The van der Waals surface area contributed by atoms with Crippen molar-refractivity contribution in [1.82, 2.24) is 37.2 Å². The fourth-order valence-electron chi connectivity index (χ4n) is 10.8. The van der Waals surface area contributed by atoms with Gasteiger partial charge in [-0.15, -0.1) is 0 Å². The summed E-state index contributed by atoms with van der Waals surface area (Å²) in [7, 11) is 0. The van der Waals surface area contributed by atoms with Crippen LogP contribution in [-0.2, 0) is 59.2 Å². The molecule has 12 atom stereocenters. The second-order valence-corrected chi connectivity index (χ2v) is 23.6. The van der Waals surface area contributed by atoms with E-state index in [4.69, 9.17) is 28.7 Å². The van der Waals surface area contributed by atoms with Gasteiger partial charge in [-0.1, -0.05) is 108 Å². The number of rotatable bonds is 36. The van der Waals surface area contributed by atoms with Crippen LogP contribution in [0.1, 0.15) is 181 Å². The van der Waals surface area contributed by atoms with E-state index in [-0.39, 0.29) is 109 Å². The van der Waals surface area contributed by atoms with Gasteiger partial charge in [0.25, 0.3) is 0 Å². The maximum Gasteiger partial charge on any atom is 0.245 e. The molecule has 25 nitrogen and oxygen atoms in total. The van der Waals surface area contributed by atoms with Crippen molar-refractivity contribution >= 4 is 64.5 Å². The fraction of sp³-hybridized carbons (Fsp3) is 0.730. The van der Waals surface area contributed by atoms with Crippen molar-refractivity contribution in [2.45, 2.75) is 230 Å². The predicted octanol–water partition coefficient (Wildman–Crippen LogP) is 0.576. The number of aliphatic hydroxyl groups excluding tert-OH is 2. The van der Waals surface area contributed by atoms with Crippen molar-refractivity contribution in [2.75, 3.05) is 39.3 Å². The summed E-state index contributed by atoms with van der Waals surface area (Å²) in [5.74, 6) is -12.5. The molecule has 0 saturated carbocycles. The Morgan fingerprint density at radius 2 is 1.07 bits per heavy atom. The molecule has 1 heterocycles. The van der Waals surface area contributed by atoms with E-state index in [1.165, 1.54) is 13.8 Å². The number of carbonyl (C=O) groups excluding carboxylic acids is 11. The van der Waals surface area contributed by atoms with Gasteiger partial charge in [-0.3, -0.25) is 52.7 Å². The monoisotopic (exact) mass is 1240 g/mol. The normalized spacial score (nSPS) is 22.4. The van der Waals surface area contributed by atoms with E-state index in [1.54, 1.807) is 30.3 Å². The first-order chi connectivity index (χ1) is 42.1. The molecule has 1 aromatic rings. The van der Waals surface area contributed by atoms with Gasteiger partial charge in [0.2, 0.25) is 41.4 Å². The van der Waals surface area contributed by atoms with E-state index < -0.39 is 150 Å². The van der Waals surface area contributed by atoms with Crippen LogP contribution >= 0.6 is 0 Å². The Kier molecular flexibility index (Phi) is 39.3. The van der Waals surface area contributed by atoms with Gasteiger partial charge in [0.15, 0.2) is 17.3 Å². The van der Waals surface area contributed by atoms with Gasteiger partial charge in [-0.25, -0.2) is 0 Å². The van der Waals surface area contributed by atoms with E-state index >= 15 is 0 Å². The Morgan fingerprint density at radius 1 is 0.557 bits per heavy atom. The molecule has 0 aromatic heterocycles. The number of benzene rings is 1. The number of amides is 7. The molecule has 0 radical (unpaired) electrons. The molecule has 1 saturated heterocycles. The predicted molar refractivity (Wildman–Crippen MR) is 335 cm³/mol. The first kappa shape index (κ1) is 78.0. The van der Waals surface area contributed by atoms with Gasteiger partial charge < -0.3 is 76.1 Å². The van der Waals surface area contributed by atoms with Crippen LogP contribution in [0.3, 0.4) is 0 Å². The average Bonchev–Trinajstić information content (AvgIpc) is 3.68. The Bertz CT molecular complexity index is 2330. The smallest absolute Gasteiger partial charge is 0.245 e. The van der Waals surface area contributed by atoms with Crippen LogP contribution in [0.5, 0.6) is 0 Å². The Morgan fingerprint density at radius 3 is 1.62 bits per heavy atom. The number of hydrogen-bond acceptors (Lipinski definition) is 18. The Balaban J connectivity index is 2.71. The molecule has 0 spiro atoms. The lowest BCUT2D eigenvalue weighted by Crippen LogP contribution is -2.59. The van der Waals surface area contributed by atoms with Crippen LogP contribution in [0.15, 0.2) is 30.3 Å². The van der Waals surface area contributed by atoms with Gasteiger partial charge in [0, 0.05) is 56.4 Å². The molecular weight excluding hydrogens is 1130 g/mol. The van der Waals surface area contributed by atoms with Gasteiger partial charge in [-0.2, -0.15) is 0 Å². The van der Waals surface area contributed by atoms with E-state index in [1.807, 2.05) is 0 Å². The molecule has 1 aliphatic rings. The van der Waals surface area contributed by atoms with Gasteiger partial charge >= 0.3 is 0 Å². The zero-order valence-electron chi connectivity index (χ0n) is 52.8. The number of carbonyl (C=O) groups is 11. The van der Waals surface area contributed by atoms with Crippen LogP contribution < -0.4 is 65.9 Å². The van der Waals surface area contributed by atoms with Gasteiger partial charge in [-0.05, 0) is 110 Å². The quantitative estimate of drug-likeness (QED) is 0.0409. The standard InChI is InChI=1S/C63H108N12O13/c1-5-7-9-11-13-17-21-44-38-54(80)51(35-42-19-15-14-16-20-42)74-59(84)45(23-29-64)37-52(78)43(28-34-69-63(88)57(41(4)77)75-62(87)50(27-33-68)73-61(86)49(26-32-67)72-58(44)83)36-53(79)48(25-31-66)71-60(85)46(40(3)76)39-55(81)47(24-30-65)70-56(82)22-18-12-10-8-6-2/h14-16,19-20,40-41,43-51,57,76-77H,5-13,17-18,21-39,64-68H2,1-4H3,(H,69,88)(H,70,82)(H,71,85)(H,72,83)(H,73,86)(H,74,84)(H,75,87)/t40?,41?,43-,44-,45-,46+,47+,48+,49+,50+,51-,57+/m1/s1. The highest BCUT2D eigenvalue weighted by Crippen LogP contribution is 2.24. The van der Waals surface area contributed by atoms with E-state index in [0.717, 1.165) is 57.8 Å². The topological polar surface area (TPSA) is 443 Å². The lowest BCUT2D eigenvalue weighted by atomic mass is 9.85. The second kappa shape index (κ2) is 44.4. The van der Waals surface area contributed by atoms with Crippen molar-refractivity contribution in [3.63, 3.8) is 0 Å². The minimum Gasteiger partial charge on any atom is -0.393 e. The zero-order valence-corrected chi connectivity index (χ0v) is 52.8. The molecule has 25 heteroatoms. The molecule has 0 bridgehead atoms. The maximum absolute atomic E-state index is 14.8. The van der Waals surface area contributed by atoms with Gasteiger partial charge in [0.1, 0.15) is 23.9 Å². The summed E-state index contributed by atoms with van der Waals surface area (Å²) >= 11 is 0. The van der Waals surface area contributed by atoms with Crippen LogP contribution in [0.25, 0.3) is 0 Å². The highest BCUT2D eigenvalue weighted by atomic mass is 16.3. The number of unbranched alkanes of at least 4 members (excludes halogenated alkanes) is 9. The molecule has 7 amide bonds. The van der Waals surface area contributed by atoms with Crippen LogP contribution in [0.4, 0.5) is 0 Å². The average molecular weight is 1240 g/mol. The minimum atomic E-state index is -1.64. The van der Waals surface area contributed by atoms with E-state index in [9.17, 15) is 63.0 Å². The van der Waals surface area contributed by atoms with Crippen molar-refractivity contribution in [3.8, 4) is 0 Å². The third kappa shape index (κ3) is 29.5. The van der Waals surface area contributed by atoms with Crippen LogP contribution in [0.2, 0.25) is 0 Å². The summed E-state index contributed by atoms with van der Waals surface area (Å²) in [6, 6.07) is 0.907. The zero-order chi connectivity index (χ0) is 65.6. The number of aliphatic hydroxyl groups is 2. The first-order valence-corrected chi connectivity index (χ1v) is 32.2. The molecule has 0 aliphatic carbocycles. The summed E-state index contributed by atoms with van der Waals surface area (Å²) in [5.41, 5.74) is 30.4. The molecule has 1 aliphatic heterocycles. The van der Waals surface area contributed by atoms with Crippen molar-refractivity contribution in [2.24, 2.45) is 52.3 Å². The number of nitrogens with one attached hydrogen (secondary N) is 7. The van der Waals surface area contributed by atoms with Crippen molar-refractivity contribution in [1.29, 1.82) is 0 Å². The van der Waals surface area contributed by atoms with Crippen LogP contribution in [0, 0.1) is 23.7 Å².